The van der Waals surface area contributed by atoms with Gasteiger partial charge in [-0.05, 0) is 19.3 Å². The summed E-state index contributed by atoms with van der Waals surface area (Å²) >= 11 is 1.70. The molecule has 0 saturated carbocycles. The third-order valence-electron chi connectivity index (χ3n) is 2.52. The van der Waals surface area contributed by atoms with Crippen molar-refractivity contribution in [2.24, 2.45) is 0 Å². The van der Waals surface area contributed by atoms with Crippen LogP contribution in [0.2, 0.25) is 0 Å². The second kappa shape index (κ2) is 4.75. The van der Waals surface area contributed by atoms with Crippen LogP contribution in [0.1, 0.15) is 31.9 Å². The average Bonchev–Trinajstić information content (AvgIpc) is 2.67. The molecule has 0 radical (unpaired) electrons. The summed E-state index contributed by atoms with van der Waals surface area (Å²) < 4.78 is 0. The molecule has 0 aromatic carbocycles. The van der Waals surface area contributed by atoms with Crippen molar-refractivity contribution in [3.05, 3.63) is 11.1 Å². The molecule has 78 valence electrons. The van der Waals surface area contributed by atoms with Gasteiger partial charge in [0.1, 0.15) is 0 Å². The first kappa shape index (κ1) is 9.93. The second-order valence-corrected chi connectivity index (χ2v) is 4.52. The van der Waals surface area contributed by atoms with Crippen molar-refractivity contribution in [2.75, 3.05) is 18.5 Å². The van der Waals surface area contributed by atoms with Crippen molar-refractivity contribution in [3.63, 3.8) is 0 Å². The first-order valence-corrected chi connectivity index (χ1v) is 6.22. The molecule has 2 heterocycles. The van der Waals surface area contributed by atoms with Gasteiger partial charge in [0.25, 0.3) is 0 Å². The zero-order valence-corrected chi connectivity index (χ0v) is 9.44. The average molecular weight is 211 g/mol. The summed E-state index contributed by atoms with van der Waals surface area (Å²) in [5, 5.41) is 5.46. The van der Waals surface area contributed by atoms with Crippen LogP contribution in [0.25, 0.3) is 0 Å². The number of nitrogens with zero attached hydrogens (tertiary/aromatic N) is 2. The van der Waals surface area contributed by atoms with Gasteiger partial charge in [-0.3, -0.25) is 5.43 Å². The van der Waals surface area contributed by atoms with E-state index in [2.05, 4.69) is 27.7 Å². The Labute approximate surface area is 89.1 Å². The van der Waals surface area contributed by atoms with Crippen LogP contribution in [0.4, 0.5) is 5.13 Å². The van der Waals surface area contributed by atoms with Crippen molar-refractivity contribution in [1.82, 2.24) is 9.99 Å². The molecule has 0 spiro atoms. The molecule has 1 aliphatic rings. The van der Waals surface area contributed by atoms with E-state index in [9.17, 15) is 0 Å². The number of anilines is 1. The lowest BCUT2D eigenvalue weighted by Gasteiger charge is -2.26. The van der Waals surface area contributed by atoms with E-state index in [1.165, 1.54) is 25.0 Å². The number of piperidine rings is 1. The minimum atomic E-state index is 1.03. The highest BCUT2D eigenvalue weighted by atomic mass is 32.1. The summed E-state index contributed by atoms with van der Waals surface area (Å²) in [6.45, 7) is 4.45. The van der Waals surface area contributed by atoms with Crippen LogP contribution in [0.3, 0.4) is 0 Å². The van der Waals surface area contributed by atoms with E-state index in [4.69, 9.17) is 0 Å². The maximum absolute atomic E-state index is 4.49. The Balaban J connectivity index is 1.89. The quantitative estimate of drug-likeness (QED) is 0.832. The number of aromatic nitrogens is 1. The standard InChI is InChI=1S/C10H17N3S/c1-2-9-8-14-10(11-9)12-13-6-4-3-5-7-13/h8H,2-7H2,1H3,(H,11,12). The van der Waals surface area contributed by atoms with Gasteiger partial charge < -0.3 is 0 Å². The monoisotopic (exact) mass is 211 g/mol. The van der Waals surface area contributed by atoms with E-state index in [1.807, 2.05) is 0 Å². The Kier molecular flexibility index (Phi) is 3.37. The molecule has 4 heteroatoms. The Bertz CT molecular complexity index is 279. The van der Waals surface area contributed by atoms with Crippen LogP contribution >= 0.6 is 11.3 Å². The van der Waals surface area contributed by atoms with Gasteiger partial charge in [0.15, 0.2) is 5.13 Å². The van der Waals surface area contributed by atoms with Crippen molar-refractivity contribution in [1.29, 1.82) is 0 Å². The third kappa shape index (κ3) is 2.45. The summed E-state index contributed by atoms with van der Waals surface area (Å²) in [7, 11) is 0. The summed E-state index contributed by atoms with van der Waals surface area (Å²) in [6, 6.07) is 0. The van der Waals surface area contributed by atoms with Crippen LogP contribution in [0, 0.1) is 0 Å². The van der Waals surface area contributed by atoms with Crippen LogP contribution in [0.15, 0.2) is 5.38 Å². The Hall–Kier alpha value is -0.610. The highest BCUT2D eigenvalue weighted by Crippen LogP contribution is 2.18. The highest BCUT2D eigenvalue weighted by Gasteiger charge is 2.10. The van der Waals surface area contributed by atoms with Crippen molar-refractivity contribution < 1.29 is 0 Å². The molecule has 1 N–H and O–H groups in total. The largest absolute Gasteiger partial charge is 0.294 e. The highest BCUT2D eigenvalue weighted by molar-refractivity contribution is 7.13. The maximum Gasteiger partial charge on any atom is 0.197 e. The molecule has 2 rings (SSSR count). The number of rotatable bonds is 3. The number of hydrogen-bond acceptors (Lipinski definition) is 4. The molecule has 1 saturated heterocycles. The molecular formula is C10H17N3S. The van der Waals surface area contributed by atoms with Crippen LogP contribution in [-0.2, 0) is 6.42 Å². The second-order valence-electron chi connectivity index (χ2n) is 3.66. The molecule has 0 aliphatic carbocycles. The number of aryl methyl sites for hydroxylation is 1. The predicted molar refractivity (Wildman–Crippen MR) is 60.5 cm³/mol. The molecule has 1 aromatic rings. The van der Waals surface area contributed by atoms with Gasteiger partial charge in [0.05, 0.1) is 5.69 Å². The fourth-order valence-corrected chi connectivity index (χ4v) is 2.48. The van der Waals surface area contributed by atoms with Crippen molar-refractivity contribution in [3.8, 4) is 0 Å². The number of hydrazine groups is 1. The molecule has 1 aromatic heterocycles. The van der Waals surface area contributed by atoms with Gasteiger partial charge in [-0.15, -0.1) is 11.3 Å². The molecule has 1 aliphatic heterocycles. The molecule has 3 nitrogen and oxygen atoms in total. The molecule has 0 unspecified atom stereocenters. The zero-order valence-electron chi connectivity index (χ0n) is 8.62. The van der Waals surface area contributed by atoms with Gasteiger partial charge >= 0.3 is 0 Å². The summed E-state index contributed by atoms with van der Waals surface area (Å²) in [5.74, 6) is 0. The lowest BCUT2D eigenvalue weighted by Crippen LogP contribution is -2.34. The van der Waals surface area contributed by atoms with Crippen LogP contribution in [0.5, 0.6) is 0 Å². The van der Waals surface area contributed by atoms with E-state index in [0.29, 0.717) is 0 Å². The number of hydrogen-bond donors (Lipinski definition) is 1. The van der Waals surface area contributed by atoms with E-state index >= 15 is 0 Å². The van der Waals surface area contributed by atoms with E-state index in [-0.39, 0.29) is 0 Å². The van der Waals surface area contributed by atoms with Crippen molar-refractivity contribution in [2.45, 2.75) is 32.6 Å². The van der Waals surface area contributed by atoms with Crippen LogP contribution < -0.4 is 5.43 Å². The molecular weight excluding hydrogens is 194 g/mol. The Morgan fingerprint density at radius 2 is 2.21 bits per heavy atom. The van der Waals surface area contributed by atoms with Gasteiger partial charge in [-0.2, -0.15) is 0 Å². The van der Waals surface area contributed by atoms with Gasteiger partial charge in [-0.25, -0.2) is 9.99 Å². The lowest BCUT2D eigenvalue weighted by molar-refractivity contribution is 0.273. The van der Waals surface area contributed by atoms with Crippen LogP contribution in [-0.4, -0.2) is 23.1 Å². The lowest BCUT2D eigenvalue weighted by atomic mass is 10.2. The number of nitrogens with one attached hydrogen (secondary N) is 1. The van der Waals surface area contributed by atoms with Gasteiger partial charge in [0, 0.05) is 18.5 Å². The normalized spacial score (nSPS) is 18.4. The Morgan fingerprint density at radius 3 is 2.86 bits per heavy atom. The molecule has 14 heavy (non-hydrogen) atoms. The minimum Gasteiger partial charge on any atom is -0.294 e. The Morgan fingerprint density at radius 1 is 1.43 bits per heavy atom. The summed E-state index contributed by atoms with van der Waals surface area (Å²) in [5.41, 5.74) is 4.57. The molecule has 0 atom stereocenters. The van der Waals surface area contributed by atoms with E-state index in [1.54, 1.807) is 11.3 Å². The minimum absolute atomic E-state index is 1.03. The fraction of sp³-hybridized carbons (Fsp3) is 0.700. The number of thiazole rings is 1. The fourth-order valence-electron chi connectivity index (χ4n) is 1.66. The summed E-state index contributed by atoms with van der Waals surface area (Å²) in [6.07, 6.45) is 5.01. The summed E-state index contributed by atoms with van der Waals surface area (Å²) in [4.78, 5) is 4.49. The van der Waals surface area contributed by atoms with Gasteiger partial charge in [-0.1, -0.05) is 13.3 Å². The molecule has 0 bridgehead atoms. The van der Waals surface area contributed by atoms with Crippen molar-refractivity contribution >= 4 is 16.5 Å². The maximum atomic E-state index is 4.49. The topological polar surface area (TPSA) is 28.2 Å². The molecule has 1 fully saturated rings. The first-order chi connectivity index (χ1) is 6.88. The molecule has 0 amide bonds. The first-order valence-electron chi connectivity index (χ1n) is 5.34. The van der Waals surface area contributed by atoms with Gasteiger partial charge in [0.2, 0.25) is 0 Å². The zero-order chi connectivity index (χ0) is 9.80. The SMILES string of the molecule is CCc1csc(NN2CCCCC2)n1. The third-order valence-corrected chi connectivity index (χ3v) is 3.32. The van der Waals surface area contributed by atoms with E-state index in [0.717, 1.165) is 24.6 Å². The predicted octanol–water partition coefficient (Wildman–Crippen LogP) is 2.52. The smallest absolute Gasteiger partial charge is 0.197 e. The van der Waals surface area contributed by atoms with E-state index < -0.39 is 0 Å².